The Morgan fingerprint density at radius 3 is 2.79 bits per heavy atom. The van der Waals surface area contributed by atoms with Gasteiger partial charge < -0.3 is 15.3 Å². The topological polar surface area (TPSA) is 35.5 Å². The minimum Gasteiger partial charge on any atom is -0.392 e. The fraction of sp³-hybridized carbons (Fsp3) is 1.00. The Bertz CT molecular complexity index is 227. The zero-order chi connectivity index (χ0) is 9.60. The van der Waals surface area contributed by atoms with Crippen LogP contribution in [0.5, 0.6) is 0 Å². The van der Waals surface area contributed by atoms with E-state index in [1.165, 1.54) is 32.4 Å². The molecule has 1 saturated carbocycles. The van der Waals surface area contributed by atoms with Gasteiger partial charge in [0, 0.05) is 25.7 Å². The average Bonchev–Trinajstić information content (AvgIpc) is 2.58. The van der Waals surface area contributed by atoms with Crippen molar-refractivity contribution in [1.82, 2.24) is 10.2 Å². The summed E-state index contributed by atoms with van der Waals surface area (Å²) in [5.41, 5.74) is 0.747. The third kappa shape index (κ3) is 1.69. The summed E-state index contributed by atoms with van der Waals surface area (Å²) in [5.74, 6) is 0. The van der Waals surface area contributed by atoms with Gasteiger partial charge >= 0.3 is 0 Å². The molecular weight excluding hydrogens is 176 g/mol. The van der Waals surface area contributed by atoms with Gasteiger partial charge in [-0.05, 0) is 37.6 Å². The van der Waals surface area contributed by atoms with Gasteiger partial charge in [-0.2, -0.15) is 0 Å². The molecule has 0 bridgehead atoms. The van der Waals surface area contributed by atoms with Crippen LogP contribution < -0.4 is 5.32 Å². The lowest BCUT2D eigenvalue weighted by Crippen LogP contribution is -2.36. The molecule has 3 fully saturated rings. The largest absolute Gasteiger partial charge is 0.392 e. The number of β-amino-alcohol motifs (C(OH)–C–C–N with tert-alkyl or cyclic N) is 1. The number of nitrogens with one attached hydrogen (secondary N) is 1. The summed E-state index contributed by atoms with van der Waals surface area (Å²) in [6.45, 7) is 4.55. The van der Waals surface area contributed by atoms with Crippen molar-refractivity contribution in [1.29, 1.82) is 0 Å². The Labute approximate surface area is 85.5 Å². The first-order valence-corrected chi connectivity index (χ1v) is 5.90. The Balaban J connectivity index is 1.49. The Morgan fingerprint density at radius 2 is 2.21 bits per heavy atom. The number of likely N-dealkylation sites (tertiary alicyclic amines) is 1. The third-order valence-corrected chi connectivity index (χ3v) is 4.15. The fourth-order valence-corrected chi connectivity index (χ4v) is 3.02. The summed E-state index contributed by atoms with van der Waals surface area (Å²) in [6, 6.07) is 0.541. The highest BCUT2D eigenvalue weighted by molar-refractivity contribution is 5.01. The summed E-state index contributed by atoms with van der Waals surface area (Å²) in [7, 11) is 0. The van der Waals surface area contributed by atoms with E-state index < -0.39 is 0 Å². The van der Waals surface area contributed by atoms with Gasteiger partial charge in [-0.1, -0.05) is 0 Å². The van der Waals surface area contributed by atoms with Gasteiger partial charge in [0.1, 0.15) is 0 Å². The van der Waals surface area contributed by atoms with E-state index in [0.29, 0.717) is 6.04 Å². The zero-order valence-corrected chi connectivity index (χ0v) is 8.71. The van der Waals surface area contributed by atoms with Gasteiger partial charge in [-0.25, -0.2) is 0 Å². The molecule has 3 nitrogen and oxygen atoms in total. The normalized spacial score (nSPS) is 40.9. The van der Waals surface area contributed by atoms with Gasteiger partial charge in [0.2, 0.25) is 0 Å². The van der Waals surface area contributed by atoms with Gasteiger partial charge in [-0.3, -0.25) is 0 Å². The van der Waals surface area contributed by atoms with Crippen LogP contribution in [-0.2, 0) is 0 Å². The minimum absolute atomic E-state index is 0.0995. The van der Waals surface area contributed by atoms with Crippen molar-refractivity contribution >= 4 is 0 Å². The van der Waals surface area contributed by atoms with E-state index in [1.54, 1.807) is 0 Å². The monoisotopic (exact) mass is 196 g/mol. The SMILES string of the molecule is OC1CNC(CN2CCC3(CC3)C2)C1. The van der Waals surface area contributed by atoms with Crippen LogP contribution in [0.25, 0.3) is 0 Å². The number of aliphatic hydroxyl groups is 1. The first-order chi connectivity index (χ1) is 6.76. The molecule has 2 heterocycles. The van der Waals surface area contributed by atoms with Crippen molar-refractivity contribution in [3.8, 4) is 0 Å². The highest BCUT2D eigenvalue weighted by Gasteiger charge is 2.47. The second-order valence-corrected chi connectivity index (χ2v) is 5.48. The predicted molar refractivity (Wildman–Crippen MR) is 55.1 cm³/mol. The number of nitrogens with zero attached hydrogens (tertiary/aromatic N) is 1. The number of aliphatic hydroxyl groups excluding tert-OH is 1. The summed E-state index contributed by atoms with van der Waals surface area (Å²) in [5, 5.41) is 12.8. The van der Waals surface area contributed by atoms with Gasteiger partial charge in [0.05, 0.1) is 6.10 Å². The van der Waals surface area contributed by atoms with Crippen LogP contribution >= 0.6 is 0 Å². The molecular formula is C11H20N2O. The lowest BCUT2D eigenvalue weighted by Gasteiger charge is -2.20. The lowest BCUT2D eigenvalue weighted by atomic mass is 10.1. The van der Waals surface area contributed by atoms with Crippen molar-refractivity contribution in [2.45, 2.75) is 37.8 Å². The number of hydrogen-bond acceptors (Lipinski definition) is 3. The van der Waals surface area contributed by atoms with Gasteiger partial charge in [-0.15, -0.1) is 0 Å². The van der Waals surface area contributed by atoms with E-state index in [2.05, 4.69) is 10.2 Å². The van der Waals surface area contributed by atoms with E-state index in [1.807, 2.05) is 0 Å². The van der Waals surface area contributed by atoms with Crippen LogP contribution in [0.15, 0.2) is 0 Å². The molecule has 0 aromatic heterocycles. The molecule has 2 N–H and O–H groups in total. The Hall–Kier alpha value is -0.120. The molecule has 1 spiro atoms. The van der Waals surface area contributed by atoms with Crippen LogP contribution in [0.2, 0.25) is 0 Å². The molecule has 1 aliphatic carbocycles. The van der Waals surface area contributed by atoms with Gasteiger partial charge in [0.25, 0.3) is 0 Å². The highest BCUT2D eigenvalue weighted by Crippen LogP contribution is 2.52. The van der Waals surface area contributed by atoms with E-state index in [-0.39, 0.29) is 6.10 Å². The molecule has 0 aromatic rings. The second kappa shape index (κ2) is 3.19. The molecule has 80 valence electrons. The molecule has 0 radical (unpaired) electrons. The van der Waals surface area contributed by atoms with Crippen molar-refractivity contribution in [2.75, 3.05) is 26.2 Å². The Kier molecular flexibility index (Phi) is 2.08. The van der Waals surface area contributed by atoms with Gasteiger partial charge in [0.15, 0.2) is 0 Å². The molecule has 2 saturated heterocycles. The van der Waals surface area contributed by atoms with Crippen molar-refractivity contribution in [3.05, 3.63) is 0 Å². The quantitative estimate of drug-likeness (QED) is 0.662. The third-order valence-electron chi connectivity index (χ3n) is 4.15. The second-order valence-electron chi connectivity index (χ2n) is 5.48. The van der Waals surface area contributed by atoms with E-state index >= 15 is 0 Å². The van der Waals surface area contributed by atoms with Crippen molar-refractivity contribution in [2.24, 2.45) is 5.41 Å². The molecule has 14 heavy (non-hydrogen) atoms. The number of hydrogen-bond donors (Lipinski definition) is 2. The van der Waals surface area contributed by atoms with E-state index in [9.17, 15) is 5.11 Å². The predicted octanol–water partition coefficient (Wildman–Crippen LogP) is 0.195. The first kappa shape index (κ1) is 9.13. The summed E-state index contributed by atoms with van der Waals surface area (Å²) in [6.07, 6.45) is 5.19. The standard InChI is InChI=1S/C11H20N2O/c14-10-5-9(12-6-10)7-13-4-3-11(8-13)1-2-11/h9-10,12,14H,1-8H2. The maximum atomic E-state index is 9.41. The van der Waals surface area contributed by atoms with Crippen LogP contribution in [-0.4, -0.2) is 48.3 Å². The first-order valence-electron chi connectivity index (χ1n) is 5.90. The smallest absolute Gasteiger partial charge is 0.0680 e. The lowest BCUT2D eigenvalue weighted by molar-refractivity contribution is 0.189. The number of rotatable bonds is 2. The van der Waals surface area contributed by atoms with Crippen LogP contribution in [0.1, 0.15) is 25.7 Å². The summed E-state index contributed by atoms with van der Waals surface area (Å²) < 4.78 is 0. The highest BCUT2D eigenvalue weighted by atomic mass is 16.3. The van der Waals surface area contributed by atoms with Crippen molar-refractivity contribution < 1.29 is 5.11 Å². The maximum Gasteiger partial charge on any atom is 0.0680 e. The molecule has 3 aliphatic rings. The zero-order valence-electron chi connectivity index (χ0n) is 8.71. The minimum atomic E-state index is -0.0995. The molecule has 2 atom stereocenters. The van der Waals surface area contributed by atoms with Crippen LogP contribution in [0.3, 0.4) is 0 Å². The molecule has 2 unspecified atom stereocenters. The van der Waals surface area contributed by atoms with Crippen molar-refractivity contribution in [3.63, 3.8) is 0 Å². The van der Waals surface area contributed by atoms with Crippen LogP contribution in [0, 0.1) is 5.41 Å². The average molecular weight is 196 g/mol. The molecule has 3 heteroatoms. The van der Waals surface area contributed by atoms with E-state index in [0.717, 1.165) is 24.9 Å². The van der Waals surface area contributed by atoms with Crippen LogP contribution in [0.4, 0.5) is 0 Å². The summed E-state index contributed by atoms with van der Waals surface area (Å²) >= 11 is 0. The fourth-order valence-electron chi connectivity index (χ4n) is 3.02. The molecule has 3 rings (SSSR count). The van der Waals surface area contributed by atoms with E-state index in [4.69, 9.17) is 0 Å². The molecule has 0 amide bonds. The summed E-state index contributed by atoms with van der Waals surface area (Å²) in [4.78, 5) is 2.59. The molecule has 0 aromatic carbocycles. The Morgan fingerprint density at radius 1 is 1.36 bits per heavy atom. The maximum absolute atomic E-state index is 9.41. The molecule has 2 aliphatic heterocycles.